The first-order chi connectivity index (χ1) is 34.5. The van der Waals surface area contributed by atoms with Gasteiger partial charge in [-0.15, -0.1) is 0 Å². The SMILES string of the molecule is CP(=O)([O-])CCC/C=C\C[C@@H]1C(OCc2ccc(-c3ccccc3)cc2)CC(=O)C1N1CCOCC1.O=C(O)CCC/C=C\C[C@@H]1C(OCc2ccc(-c3ccccc3)cc2)CC(=O)C1N1CCOCC1.[Na+]. The molecule has 14 heteroatoms. The quantitative estimate of drug-likeness (QED) is 0.0410. The van der Waals surface area contributed by atoms with Gasteiger partial charge in [0, 0.05) is 64.6 Å². The Hall–Kier alpha value is -3.88. The van der Waals surface area contributed by atoms with Crippen molar-refractivity contribution in [2.24, 2.45) is 11.8 Å². The molecule has 12 nitrogen and oxygen atoms in total. The van der Waals surface area contributed by atoms with Crippen LogP contribution in [0, 0.1) is 11.8 Å². The fourth-order valence-corrected chi connectivity index (χ4v) is 11.0. The van der Waals surface area contributed by atoms with E-state index >= 15 is 0 Å². The topological polar surface area (TPSA) is 155 Å². The molecule has 2 aliphatic carbocycles. The Kier molecular flexibility index (Phi) is 23.8. The van der Waals surface area contributed by atoms with E-state index in [1.165, 1.54) is 28.9 Å². The van der Waals surface area contributed by atoms with Gasteiger partial charge in [-0.05, 0) is 84.7 Å². The summed E-state index contributed by atoms with van der Waals surface area (Å²) < 4.78 is 35.1. The summed E-state index contributed by atoms with van der Waals surface area (Å²) in [4.78, 5) is 52.8. The molecule has 0 radical (unpaired) electrons. The van der Waals surface area contributed by atoms with E-state index in [2.05, 4.69) is 94.7 Å². The van der Waals surface area contributed by atoms with Crippen molar-refractivity contribution in [3.05, 3.63) is 145 Å². The monoisotopic (exact) mass is 1010 g/mol. The number of unbranched alkanes of at least 4 members (excludes halogenated alkanes) is 2. The van der Waals surface area contributed by atoms with Crippen LogP contribution in [0.4, 0.5) is 0 Å². The van der Waals surface area contributed by atoms with Crippen molar-refractivity contribution in [2.45, 2.75) is 95.3 Å². The zero-order valence-electron chi connectivity index (χ0n) is 42.3. The van der Waals surface area contributed by atoms with Gasteiger partial charge in [-0.1, -0.05) is 133 Å². The molecule has 0 aromatic heterocycles. The van der Waals surface area contributed by atoms with Gasteiger partial charge in [0.2, 0.25) is 0 Å². The maximum Gasteiger partial charge on any atom is 1.00 e. The van der Waals surface area contributed by atoms with E-state index < -0.39 is 13.3 Å². The summed E-state index contributed by atoms with van der Waals surface area (Å²) in [6, 6.07) is 37.1. The molecule has 380 valence electrons. The Morgan fingerprint density at radius 3 is 1.40 bits per heavy atom. The van der Waals surface area contributed by atoms with Crippen LogP contribution in [0.25, 0.3) is 22.3 Å². The van der Waals surface area contributed by atoms with E-state index in [1.54, 1.807) is 0 Å². The number of allylic oxidation sites excluding steroid dienone is 4. The van der Waals surface area contributed by atoms with Crippen molar-refractivity contribution in [3.8, 4) is 22.3 Å². The van der Waals surface area contributed by atoms with Crippen LogP contribution in [0.1, 0.15) is 68.9 Å². The van der Waals surface area contributed by atoms with Crippen LogP contribution in [0.3, 0.4) is 0 Å². The van der Waals surface area contributed by atoms with Crippen molar-refractivity contribution in [1.29, 1.82) is 0 Å². The minimum absolute atomic E-state index is 0. The molecule has 4 fully saturated rings. The zero-order valence-corrected chi connectivity index (χ0v) is 45.2. The molecule has 4 aliphatic rings. The van der Waals surface area contributed by atoms with E-state index in [1.807, 2.05) is 48.6 Å². The van der Waals surface area contributed by atoms with Crippen LogP contribution in [-0.4, -0.2) is 122 Å². The molecule has 2 saturated carbocycles. The van der Waals surface area contributed by atoms with E-state index in [-0.39, 0.29) is 89.8 Å². The van der Waals surface area contributed by atoms with Crippen molar-refractivity contribution in [3.63, 3.8) is 0 Å². The molecule has 5 unspecified atom stereocenters. The van der Waals surface area contributed by atoms with Gasteiger partial charge in [0.1, 0.15) is 0 Å². The maximum absolute atomic E-state index is 13.1. The van der Waals surface area contributed by atoms with Crippen LogP contribution in [0.15, 0.2) is 133 Å². The molecule has 7 atom stereocenters. The van der Waals surface area contributed by atoms with Crippen LogP contribution >= 0.6 is 7.37 Å². The molecular weight excluding hydrogens is 939 g/mol. The number of benzene rings is 4. The molecule has 1 N–H and O–H groups in total. The number of morpholine rings is 2. The number of ketones is 2. The van der Waals surface area contributed by atoms with Gasteiger partial charge in [0.05, 0.1) is 63.9 Å². The number of carbonyl (C=O) groups is 3. The number of hydrogen-bond acceptors (Lipinski definition) is 11. The van der Waals surface area contributed by atoms with Gasteiger partial charge >= 0.3 is 35.5 Å². The van der Waals surface area contributed by atoms with E-state index in [4.69, 9.17) is 24.1 Å². The third-order valence-corrected chi connectivity index (χ3v) is 15.1. The summed E-state index contributed by atoms with van der Waals surface area (Å²) >= 11 is 0. The first kappa shape index (κ1) is 57.4. The average Bonchev–Trinajstić information content (AvgIpc) is 3.89. The van der Waals surface area contributed by atoms with Gasteiger partial charge < -0.3 is 33.5 Å². The number of ether oxygens (including phenoxy) is 4. The second-order valence-electron chi connectivity index (χ2n) is 19.3. The minimum atomic E-state index is -3.21. The summed E-state index contributed by atoms with van der Waals surface area (Å²) in [5, 5.41) is 8.82. The summed E-state index contributed by atoms with van der Waals surface area (Å²) in [7, 11) is -3.21. The number of hydrogen-bond donors (Lipinski definition) is 1. The maximum atomic E-state index is 13.1. The molecule has 4 aromatic rings. The van der Waals surface area contributed by atoms with Crippen LogP contribution in [0.2, 0.25) is 0 Å². The van der Waals surface area contributed by atoms with E-state index in [9.17, 15) is 23.8 Å². The third-order valence-electron chi connectivity index (χ3n) is 14.0. The van der Waals surface area contributed by atoms with Gasteiger partial charge in [-0.2, -0.15) is 0 Å². The number of aliphatic carboxylic acids is 1. The summed E-state index contributed by atoms with van der Waals surface area (Å²) in [6.45, 7) is 7.91. The Labute approximate surface area is 448 Å². The Bertz CT molecular complexity index is 2370. The molecule has 4 aromatic carbocycles. The second kappa shape index (κ2) is 29.9. The largest absolute Gasteiger partial charge is 1.00 e. The molecule has 0 amide bonds. The fraction of sp³-hybridized carbons (Fsp3) is 0.466. The van der Waals surface area contributed by atoms with Crippen LogP contribution in [0.5, 0.6) is 0 Å². The summed E-state index contributed by atoms with van der Waals surface area (Å²) in [5.41, 5.74) is 6.89. The van der Waals surface area contributed by atoms with Crippen molar-refractivity contribution in [1.82, 2.24) is 9.80 Å². The number of carboxylic acids is 1. The second-order valence-corrected chi connectivity index (χ2v) is 21.7. The Balaban J connectivity index is 0.000000232. The first-order valence-electron chi connectivity index (χ1n) is 25.5. The van der Waals surface area contributed by atoms with Crippen LogP contribution < -0.4 is 34.5 Å². The smallest absolute Gasteiger partial charge is 0.799 e. The molecule has 2 aliphatic heterocycles. The average molecular weight is 1010 g/mol. The van der Waals surface area contributed by atoms with Crippen molar-refractivity contribution < 1.29 is 77.5 Å². The number of Topliss-reactive ketones (excluding diaryl/α,β-unsaturated/α-hetero) is 2. The fourth-order valence-electron chi connectivity index (χ4n) is 10.3. The number of carboxylic acid groups (broad SMARTS) is 1. The summed E-state index contributed by atoms with van der Waals surface area (Å²) in [5.74, 6) is -0.108. The third kappa shape index (κ3) is 17.9. The van der Waals surface area contributed by atoms with Gasteiger partial charge in [0.15, 0.2) is 11.6 Å². The van der Waals surface area contributed by atoms with Gasteiger partial charge in [-0.25, -0.2) is 0 Å². The minimum Gasteiger partial charge on any atom is -0.799 e. The molecule has 0 bridgehead atoms. The van der Waals surface area contributed by atoms with Gasteiger partial charge in [-0.3, -0.25) is 24.2 Å². The molecule has 0 spiro atoms. The normalized spacial score (nSPS) is 23.7. The number of nitrogens with zero attached hydrogens (tertiary/aromatic N) is 2. The van der Waals surface area contributed by atoms with Crippen LogP contribution in [-0.2, 0) is 51.1 Å². The number of carbonyl (C=O) groups excluding carboxylic acids is 2. The van der Waals surface area contributed by atoms with E-state index in [0.717, 1.165) is 63.0 Å². The predicted molar refractivity (Wildman–Crippen MR) is 276 cm³/mol. The van der Waals surface area contributed by atoms with E-state index in [0.29, 0.717) is 65.3 Å². The zero-order chi connectivity index (χ0) is 49.8. The Morgan fingerprint density at radius 2 is 1.01 bits per heavy atom. The van der Waals surface area contributed by atoms with Crippen molar-refractivity contribution in [2.75, 3.05) is 65.4 Å². The standard InChI is InChI=1S/C29H38NO5P.C29H35NO5.Na/c1-36(32,33)20-8-3-2-7-11-26-28(21-27(31)29(26)30-16-18-34-19-17-30)35-22-23-12-14-25(15-13-23)24-9-5-4-6-10-24;31-26-20-27(35-21-22-12-14-24(15-13-22)23-8-4-3-5-9-23)25(10-6-1-2-7-11-28(32)33)29(26)30-16-18-34-19-17-30;/h2,4-7,9-10,12-15,26,28-29H,3,8,11,16-22H2,1H3,(H,32,33);1,3-6,8-9,12-15,25,27,29H,2,7,10-11,16-21H2,(H,32,33);/q;;+1/p-1/b7-2-;6-1-;/t26-,28?,29?;25-,27?,29?;/m11./s1. The molecule has 8 rings (SSSR count). The molecular formula is C58H72N2NaO10P. The first-order valence-corrected chi connectivity index (χ1v) is 27.8. The van der Waals surface area contributed by atoms with Gasteiger partial charge in [0.25, 0.3) is 0 Å². The number of rotatable bonds is 22. The predicted octanol–water partition coefficient (Wildman–Crippen LogP) is 6.26. The molecule has 2 heterocycles. The van der Waals surface area contributed by atoms with Crippen molar-refractivity contribution >= 4 is 24.9 Å². The molecule has 72 heavy (non-hydrogen) atoms. The summed E-state index contributed by atoms with van der Waals surface area (Å²) in [6.07, 6.45) is 13.5. The molecule has 2 saturated heterocycles. The Morgan fingerprint density at radius 1 is 0.625 bits per heavy atom.